The molecule has 0 aromatic heterocycles. The van der Waals surface area contributed by atoms with Gasteiger partial charge in [0.2, 0.25) is 0 Å². The lowest BCUT2D eigenvalue weighted by Gasteiger charge is -2.31. The molecule has 0 saturated carbocycles. The molecular formula is C22H39IN4O3. The molecule has 0 unspecified atom stereocenters. The first-order valence-corrected chi connectivity index (χ1v) is 10.7. The Bertz CT molecular complexity index is 598. The lowest BCUT2D eigenvalue weighted by atomic mass is 10.1. The Hall–Kier alpha value is -1.10. The van der Waals surface area contributed by atoms with Gasteiger partial charge in [-0.2, -0.15) is 0 Å². The number of methoxy groups -OCH3 is 1. The Labute approximate surface area is 199 Å². The van der Waals surface area contributed by atoms with Crippen molar-refractivity contribution in [3.8, 4) is 5.75 Å². The molecule has 0 amide bonds. The predicted octanol–water partition coefficient (Wildman–Crippen LogP) is 2.89. The second kappa shape index (κ2) is 16.6. The first-order valence-electron chi connectivity index (χ1n) is 10.7. The monoisotopic (exact) mass is 534 g/mol. The molecule has 1 fully saturated rings. The third-order valence-electron chi connectivity index (χ3n) is 5.01. The van der Waals surface area contributed by atoms with Crippen LogP contribution in [-0.2, 0) is 16.0 Å². The average molecular weight is 534 g/mol. The van der Waals surface area contributed by atoms with Crippen molar-refractivity contribution in [2.45, 2.75) is 38.8 Å². The standard InChI is InChI=1S/C22H38N4O3.HI/c1-4-23-22(24-11-6-13-27-3)25-18-19-7-5-8-21(17-19)29-16-12-26(2)20-9-14-28-15-10-20;/h5,7-8,17,20H,4,6,9-16,18H2,1-3H3,(H2,23,24,25);1H. The maximum Gasteiger partial charge on any atom is 0.191 e. The van der Waals surface area contributed by atoms with E-state index in [1.54, 1.807) is 7.11 Å². The number of guanidine groups is 1. The van der Waals surface area contributed by atoms with Crippen LogP contribution in [0.5, 0.6) is 5.75 Å². The van der Waals surface area contributed by atoms with E-state index in [1.165, 1.54) is 0 Å². The Morgan fingerprint density at radius 1 is 1.23 bits per heavy atom. The van der Waals surface area contributed by atoms with E-state index in [0.717, 1.165) is 76.0 Å². The van der Waals surface area contributed by atoms with Gasteiger partial charge in [-0.25, -0.2) is 4.99 Å². The van der Waals surface area contributed by atoms with Crippen LogP contribution >= 0.6 is 24.0 Å². The smallest absolute Gasteiger partial charge is 0.191 e. The molecule has 1 aromatic rings. The van der Waals surface area contributed by atoms with E-state index in [4.69, 9.17) is 14.2 Å². The van der Waals surface area contributed by atoms with Crippen LogP contribution in [0.25, 0.3) is 0 Å². The van der Waals surface area contributed by atoms with Crippen molar-refractivity contribution >= 4 is 29.9 Å². The number of hydrogen-bond donors (Lipinski definition) is 2. The number of ether oxygens (including phenoxy) is 3. The van der Waals surface area contributed by atoms with Crippen LogP contribution in [0.2, 0.25) is 0 Å². The van der Waals surface area contributed by atoms with Crippen molar-refractivity contribution in [1.29, 1.82) is 0 Å². The molecule has 7 nitrogen and oxygen atoms in total. The van der Waals surface area contributed by atoms with Crippen molar-refractivity contribution in [3.63, 3.8) is 0 Å². The largest absolute Gasteiger partial charge is 0.492 e. The zero-order chi connectivity index (χ0) is 20.7. The first-order chi connectivity index (χ1) is 14.2. The Morgan fingerprint density at radius 3 is 2.77 bits per heavy atom. The molecule has 1 aliphatic heterocycles. The van der Waals surface area contributed by atoms with Crippen LogP contribution in [0, 0.1) is 0 Å². The number of likely N-dealkylation sites (N-methyl/N-ethyl adjacent to an activating group) is 1. The molecule has 2 rings (SSSR count). The van der Waals surface area contributed by atoms with Crippen LogP contribution in [0.1, 0.15) is 31.7 Å². The molecule has 172 valence electrons. The molecule has 0 bridgehead atoms. The fourth-order valence-electron chi connectivity index (χ4n) is 3.28. The summed E-state index contributed by atoms with van der Waals surface area (Å²) in [6.45, 7) is 8.44. The summed E-state index contributed by atoms with van der Waals surface area (Å²) in [7, 11) is 3.89. The highest BCUT2D eigenvalue weighted by Crippen LogP contribution is 2.15. The third kappa shape index (κ3) is 10.8. The van der Waals surface area contributed by atoms with E-state index in [0.29, 0.717) is 19.2 Å². The van der Waals surface area contributed by atoms with Crippen molar-refractivity contribution in [2.75, 3.05) is 60.2 Å². The number of benzene rings is 1. The van der Waals surface area contributed by atoms with E-state index < -0.39 is 0 Å². The molecular weight excluding hydrogens is 495 g/mol. The van der Waals surface area contributed by atoms with Crippen LogP contribution in [0.15, 0.2) is 29.3 Å². The van der Waals surface area contributed by atoms with E-state index >= 15 is 0 Å². The topological polar surface area (TPSA) is 67.4 Å². The summed E-state index contributed by atoms with van der Waals surface area (Å²) in [6.07, 6.45) is 3.17. The van der Waals surface area contributed by atoms with Gasteiger partial charge in [0, 0.05) is 52.6 Å². The van der Waals surface area contributed by atoms with Gasteiger partial charge in [-0.15, -0.1) is 24.0 Å². The van der Waals surface area contributed by atoms with Gasteiger partial charge in [0.05, 0.1) is 6.54 Å². The number of rotatable bonds is 12. The summed E-state index contributed by atoms with van der Waals surface area (Å²) in [5, 5.41) is 6.61. The van der Waals surface area contributed by atoms with Crippen LogP contribution in [-0.4, -0.2) is 77.1 Å². The number of nitrogens with zero attached hydrogens (tertiary/aromatic N) is 2. The SMILES string of the molecule is CCNC(=NCc1cccc(OCCN(C)C2CCOCC2)c1)NCCCOC.I. The third-order valence-corrected chi connectivity index (χ3v) is 5.01. The van der Waals surface area contributed by atoms with Gasteiger partial charge in [0.1, 0.15) is 12.4 Å². The van der Waals surface area contributed by atoms with Gasteiger partial charge in [-0.05, 0) is 50.9 Å². The molecule has 1 saturated heterocycles. The second-order valence-electron chi connectivity index (χ2n) is 7.29. The minimum Gasteiger partial charge on any atom is -0.492 e. The van der Waals surface area contributed by atoms with Gasteiger partial charge in [-0.3, -0.25) is 4.90 Å². The fraction of sp³-hybridized carbons (Fsp3) is 0.682. The quantitative estimate of drug-likeness (QED) is 0.186. The Morgan fingerprint density at radius 2 is 2.03 bits per heavy atom. The fourth-order valence-corrected chi connectivity index (χ4v) is 3.28. The maximum absolute atomic E-state index is 5.99. The molecule has 0 radical (unpaired) electrons. The molecule has 30 heavy (non-hydrogen) atoms. The highest BCUT2D eigenvalue weighted by Gasteiger charge is 2.17. The highest BCUT2D eigenvalue weighted by molar-refractivity contribution is 14.0. The van der Waals surface area contributed by atoms with Gasteiger partial charge in [0.25, 0.3) is 0 Å². The molecule has 0 aliphatic carbocycles. The molecule has 0 spiro atoms. The minimum atomic E-state index is 0. The zero-order valence-electron chi connectivity index (χ0n) is 18.7. The lowest BCUT2D eigenvalue weighted by Crippen LogP contribution is -2.38. The van der Waals surface area contributed by atoms with Crippen molar-refractivity contribution in [3.05, 3.63) is 29.8 Å². The molecule has 0 atom stereocenters. The summed E-state index contributed by atoms with van der Waals surface area (Å²) in [5.41, 5.74) is 1.13. The summed E-state index contributed by atoms with van der Waals surface area (Å²) in [6, 6.07) is 8.80. The summed E-state index contributed by atoms with van der Waals surface area (Å²) < 4.78 is 16.5. The Kier molecular flexibility index (Phi) is 14.9. The summed E-state index contributed by atoms with van der Waals surface area (Å²) >= 11 is 0. The Balaban J connectivity index is 0.00000450. The number of nitrogens with one attached hydrogen (secondary N) is 2. The minimum absolute atomic E-state index is 0. The second-order valence-corrected chi connectivity index (χ2v) is 7.29. The van der Waals surface area contributed by atoms with E-state index in [-0.39, 0.29) is 24.0 Å². The van der Waals surface area contributed by atoms with Crippen LogP contribution in [0.4, 0.5) is 0 Å². The van der Waals surface area contributed by atoms with E-state index in [1.807, 2.05) is 12.1 Å². The maximum atomic E-state index is 5.99. The summed E-state index contributed by atoms with van der Waals surface area (Å²) in [4.78, 5) is 7.05. The predicted molar refractivity (Wildman–Crippen MR) is 133 cm³/mol. The normalized spacial score (nSPS) is 15.0. The van der Waals surface area contributed by atoms with Crippen LogP contribution in [0.3, 0.4) is 0 Å². The van der Waals surface area contributed by atoms with E-state index in [2.05, 4.69) is 46.6 Å². The van der Waals surface area contributed by atoms with E-state index in [9.17, 15) is 0 Å². The van der Waals surface area contributed by atoms with Crippen molar-refractivity contribution < 1.29 is 14.2 Å². The molecule has 1 heterocycles. The number of aliphatic imine (C=N–C) groups is 1. The molecule has 1 aliphatic rings. The van der Waals surface area contributed by atoms with Gasteiger partial charge in [0.15, 0.2) is 5.96 Å². The molecule has 8 heteroatoms. The van der Waals surface area contributed by atoms with Gasteiger partial charge < -0.3 is 24.8 Å². The zero-order valence-corrected chi connectivity index (χ0v) is 21.0. The highest BCUT2D eigenvalue weighted by atomic mass is 127. The number of halogens is 1. The van der Waals surface area contributed by atoms with Crippen LogP contribution < -0.4 is 15.4 Å². The lowest BCUT2D eigenvalue weighted by molar-refractivity contribution is 0.0392. The summed E-state index contributed by atoms with van der Waals surface area (Å²) in [5.74, 6) is 1.73. The number of hydrogen-bond acceptors (Lipinski definition) is 5. The van der Waals surface area contributed by atoms with Gasteiger partial charge >= 0.3 is 0 Å². The molecule has 2 N–H and O–H groups in total. The average Bonchev–Trinajstić information content (AvgIpc) is 2.76. The first kappa shape index (κ1) is 26.9. The molecule has 1 aromatic carbocycles. The van der Waals surface area contributed by atoms with Gasteiger partial charge in [-0.1, -0.05) is 12.1 Å². The van der Waals surface area contributed by atoms with Crippen molar-refractivity contribution in [1.82, 2.24) is 15.5 Å². The van der Waals surface area contributed by atoms with Crippen molar-refractivity contribution in [2.24, 2.45) is 4.99 Å².